The van der Waals surface area contributed by atoms with Crippen LogP contribution in [0.2, 0.25) is 5.02 Å². The Balaban J connectivity index is 1.88. The smallest absolute Gasteiger partial charge is 0.133 e. The summed E-state index contributed by atoms with van der Waals surface area (Å²) in [5.41, 5.74) is 0.459. The maximum absolute atomic E-state index is 11.4. The minimum atomic E-state index is -1.07. The molecule has 116 valence electrons. The predicted octanol–water partition coefficient (Wildman–Crippen LogP) is 3.46. The summed E-state index contributed by atoms with van der Waals surface area (Å²) >= 11 is 5.98. The van der Waals surface area contributed by atoms with E-state index < -0.39 is 5.60 Å². The molecule has 0 spiro atoms. The summed E-state index contributed by atoms with van der Waals surface area (Å²) in [5.74, 6) is 0. The van der Waals surface area contributed by atoms with E-state index in [2.05, 4.69) is 9.88 Å². The summed E-state index contributed by atoms with van der Waals surface area (Å²) in [5, 5.41) is 12.0. The van der Waals surface area contributed by atoms with Gasteiger partial charge < -0.3 is 10.0 Å². The number of aliphatic hydroxyl groups is 1. The third-order valence-electron chi connectivity index (χ3n) is 4.40. The molecular weight excluding hydrogens is 296 g/mol. The number of aromatic nitrogens is 1. The molecule has 3 nitrogen and oxygen atoms in total. The maximum Gasteiger partial charge on any atom is 0.133 e. The van der Waals surface area contributed by atoms with E-state index in [4.69, 9.17) is 11.6 Å². The normalized spacial score (nSPS) is 18.3. The van der Waals surface area contributed by atoms with Crippen LogP contribution in [0.25, 0.3) is 0 Å². The van der Waals surface area contributed by atoms with Crippen LogP contribution in [0.4, 0.5) is 0 Å². The first-order chi connectivity index (χ1) is 10.7. The lowest BCUT2D eigenvalue weighted by atomic mass is 9.86. The number of halogens is 1. The standard InChI is InChI=1S/C18H21ClN2O/c19-16-8-6-15(7-9-16)18(22,17-5-1-2-11-20-17)10-14-21-12-3-4-13-21/h1-2,5-9,11,22H,3-4,10,12-14H2. The molecule has 0 bridgehead atoms. The van der Waals surface area contributed by atoms with Crippen LogP contribution in [-0.2, 0) is 5.60 Å². The Hall–Kier alpha value is -1.42. The van der Waals surface area contributed by atoms with Crippen molar-refractivity contribution >= 4 is 11.6 Å². The van der Waals surface area contributed by atoms with Crippen molar-refractivity contribution in [1.82, 2.24) is 9.88 Å². The van der Waals surface area contributed by atoms with Gasteiger partial charge in [0, 0.05) is 17.8 Å². The van der Waals surface area contributed by atoms with Crippen molar-refractivity contribution in [3.8, 4) is 0 Å². The average molecular weight is 317 g/mol. The minimum absolute atomic E-state index is 0.631. The third kappa shape index (κ3) is 3.32. The summed E-state index contributed by atoms with van der Waals surface area (Å²) in [7, 11) is 0. The fraction of sp³-hybridized carbons (Fsp3) is 0.389. The zero-order chi connectivity index (χ0) is 15.4. The molecule has 1 saturated heterocycles. The highest BCUT2D eigenvalue weighted by Crippen LogP contribution is 2.33. The van der Waals surface area contributed by atoms with E-state index >= 15 is 0 Å². The molecule has 1 fully saturated rings. The van der Waals surface area contributed by atoms with Gasteiger partial charge in [0.25, 0.3) is 0 Å². The summed E-state index contributed by atoms with van der Waals surface area (Å²) in [4.78, 5) is 6.80. The minimum Gasteiger partial charge on any atom is -0.379 e. The summed E-state index contributed by atoms with van der Waals surface area (Å²) in [6.45, 7) is 3.12. The molecule has 1 aliphatic rings. The molecule has 3 rings (SSSR count). The van der Waals surface area contributed by atoms with Gasteiger partial charge >= 0.3 is 0 Å². The van der Waals surface area contributed by atoms with E-state index in [9.17, 15) is 5.11 Å². The largest absolute Gasteiger partial charge is 0.379 e. The molecule has 0 amide bonds. The Morgan fingerprint density at radius 1 is 1.09 bits per heavy atom. The zero-order valence-electron chi connectivity index (χ0n) is 12.6. The van der Waals surface area contributed by atoms with Crippen LogP contribution in [0.5, 0.6) is 0 Å². The first-order valence-electron chi connectivity index (χ1n) is 7.81. The monoisotopic (exact) mass is 316 g/mol. The SMILES string of the molecule is OC(CCN1CCCC1)(c1ccc(Cl)cc1)c1ccccn1. The zero-order valence-corrected chi connectivity index (χ0v) is 13.3. The molecule has 1 N–H and O–H groups in total. The van der Waals surface area contributed by atoms with Crippen LogP contribution >= 0.6 is 11.6 Å². The second-order valence-corrected chi connectivity index (χ2v) is 6.32. The van der Waals surface area contributed by atoms with Gasteiger partial charge in [0.1, 0.15) is 5.60 Å². The molecule has 1 aliphatic heterocycles. The van der Waals surface area contributed by atoms with Gasteiger partial charge in [0.15, 0.2) is 0 Å². The molecule has 2 heterocycles. The molecule has 22 heavy (non-hydrogen) atoms. The number of likely N-dealkylation sites (tertiary alicyclic amines) is 1. The van der Waals surface area contributed by atoms with Crippen LogP contribution in [-0.4, -0.2) is 34.6 Å². The molecule has 1 atom stereocenters. The molecule has 0 aliphatic carbocycles. The van der Waals surface area contributed by atoms with Crippen molar-refractivity contribution in [2.24, 2.45) is 0 Å². The van der Waals surface area contributed by atoms with Crippen LogP contribution in [0.15, 0.2) is 48.7 Å². The molecule has 4 heteroatoms. The molecule has 2 aromatic rings. The molecule has 0 radical (unpaired) electrons. The van der Waals surface area contributed by atoms with Crippen LogP contribution in [0.1, 0.15) is 30.5 Å². The molecule has 1 unspecified atom stereocenters. The highest BCUT2D eigenvalue weighted by atomic mass is 35.5. The topological polar surface area (TPSA) is 36.4 Å². The Bertz CT molecular complexity index is 596. The second kappa shape index (κ2) is 6.78. The van der Waals surface area contributed by atoms with Gasteiger partial charge in [-0.1, -0.05) is 29.8 Å². The number of benzene rings is 1. The summed E-state index contributed by atoms with van der Waals surface area (Å²) in [6, 6.07) is 13.1. The summed E-state index contributed by atoms with van der Waals surface area (Å²) < 4.78 is 0. The highest BCUT2D eigenvalue weighted by molar-refractivity contribution is 6.30. The Kier molecular flexibility index (Phi) is 4.77. The van der Waals surface area contributed by atoms with Gasteiger partial charge in [0.2, 0.25) is 0 Å². The Labute approximate surface area is 136 Å². The molecular formula is C18H21ClN2O. The Morgan fingerprint density at radius 2 is 1.82 bits per heavy atom. The molecule has 1 aromatic carbocycles. The molecule has 0 saturated carbocycles. The Morgan fingerprint density at radius 3 is 2.45 bits per heavy atom. The molecule has 1 aromatic heterocycles. The number of pyridine rings is 1. The van der Waals surface area contributed by atoms with Crippen LogP contribution < -0.4 is 0 Å². The lowest BCUT2D eigenvalue weighted by Crippen LogP contribution is -2.34. The number of rotatable bonds is 5. The average Bonchev–Trinajstić information content (AvgIpc) is 3.08. The van der Waals surface area contributed by atoms with Gasteiger partial charge in [-0.2, -0.15) is 0 Å². The van der Waals surface area contributed by atoms with Gasteiger partial charge in [0.05, 0.1) is 5.69 Å². The maximum atomic E-state index is 11.4. The first-order valence-corrected chi connectivity index (χ1v) is 8.18. The van der Waals surface area contributed by atoms with Gasteiger partial charge in [-0.15, -0.1) is 0 Å². The first kappa shape index (κ1) is 15.5. The van der Waals surface area contributed by atoms with Gasteiger partial charge in [-0.05, 0) is 62.2 Å². The van der Waals surface area contributed by atoms with E-state index in [0.29, 0.717) is 17.1 Å². The van der Waals surface area contributed by atoms with Crippen molar-refractivity contribution in [2.75, 3.05) is 19.6 Å². The van der Waals surface area contributed by atoms with Crippen molar-refractivity contribution < 1.29 is 5.11 Å². The third-order valence-corrected chi connectivity index (χ3v) is 4.65. The van der Waals surface area contributed by atoms with E-state index in [1.807, 2.05) is 42.5 Å². The van der Waals surface area contributed by atoms with Crippen molar-refractivity contribution in [3.63, 3.8) is 0 Å². The lowest BCUT2D eigenvalue weighted by molar-refractivity contribution is 0.0560. The van der Waals surface area contributed by atoms with E-state index in [0.717, 1.165) is 25.2 Å². The number of hydrogen-bond acceptors (Lipinski definition) is 3. The quantitative estimate of drug-likeness (QED) is 0.917. The van der Waals surface area contributed by atoms with Crippen molar-refractivity contribution in [1.29, 1.82) is 0 Å². The highest BCUT2D eigenvalue weighted by Gasteiger charge is 2.33. The number of hydrogen-bond donors (Lipinski definition) is 1. The van der Waals surface area contributed by atoms with E-state index in [1.165, 1.54) is 12.8 Å². The summed E-state index contributed by atoms with van der Waals surface area (Å²) in [6.07, 6.45) is 4.86. The van der Waals surface area contributed by atoms with Crippen molar-refractivity contribution in [3.05, 3.63) is 64.9 Å². The second-order valence-electron chi connectivity index (χ2n) is 5.88. The van der Waals surface area contributed by atoms with E-state index in [-0.39, 0.29) is 0 Å². The fourth-order valence-corrected chi connectivity index (χ4v) is 3.21. The van der Waals surface area contributed by atoms with E-state index in [1.54, 1.807) is 6.20 Å². The predicted molar refractivity (Wildman–Crippen MR) is 89.0 cm³/mol. The van der Waals surface area contributed by atoms with Crippen LogP contribution in [0, 0.1) is 0 Å². The van der Waals surface area contributed by atoms with Crippen molar-refractivity contribution in [2.45, 2.75) is 24.9 Å². The van der Waals surface area contributed by atoms with Gasteiger partial charge in [-0.25, -0.2) is 0 Å². The fourth-order valence-electron chi connectivity index (χ4n) is 3.08. The van der Waals surface area contributed by atoms with Crippen LogP contribution in [0.3, 0.4) is 0 Å². The van der Waals surface area contributed by atoms with Gasteiger partial charge in [-0.3, -0.25) is 4.98 Å². The lowest BCUT2D eigenvalue weighted by Gasteiger charge is -2.30. The number of nitrogens with zero attached hydrogens (tertiary/aromatic N) is 2.